The second kappa shape index (κ2) is 10.4. The van der Waals surface area contributed by atoms with Crippen LogP contribution in [0.1, 0.15) is 58.2 Å². The molecule has 3 amide bonds. The second-order valence-electron chi connectivity index (χ2n) is 6.28. The van der Waals surface area contributed by atoms with Gasteiger partial charge in [-0.1, -0.05) is 5.21 Å². The van der Waals surface area contributed by atoms with Crippen molar-refractivity contribution in [2.24, 2.45) is 5.73 Å². The average molecular weight is 352 g/mol. The Kier molecular flexibility index (Phi) is 8.59. The van der Waals surface area contributed by atoms with Gasteiger partial charge in [-0.25, -0.2) is 4.68 Å². The van der Waals surface area contributed by atoms with Crippen LogP contribution >= 0.6 is 0 Å². The Morgan fingerprint density at radius 3 is 2.56 bits per heavy atom. The highest BCUT2D eigenvalue weighted by atomic mass is 16.2. The van der Waals surface area contributed by atoms with Crippen molar-refractivity contribution < 1.29 is 14.4 Å². The molecule has 0 radical (unpaired) electrons. The maximum atomic E-state index is 11.8. The average Bonchev–Trinajstić information content (AvgIpc) is 3.00. The smallest absolute Gasteiger partial charge is 0.239 e. The summed E-state index contributed by atoms with van der Waals surface area (Å²) in [4.78, 5) is 34.0. The van der Waals surface area contributed by atoms with E-state index in [2.05, 4.69) is 20.9 Å². The quantitative estimate of drug-likeness (QED) is 0.485. The van der Waals surface area contributed by atoms with E-state index in [1.807, 2.05) is 20.0 Å². The van der Waals surface area contributed by atoms with E-state index >= 15 is 0 Å². The molecular formula is C16H28N6O3. The Hall–Kier alpha value is -2.45. The van der Waals surface area contributed by atoms with Gasteiger partial charge in [0.05, 0.1) is 5.69 Å². The molecule has 0 aromatic carbocycles. The van der Waals surface area contributed by atoms with Crippen LogP contribution in [-0.4, -0.2) is 45.3 Å². The zero-order valence-electron chi connectivity index (χ0n) is 15.1. The molecule has 9 nitrogen and oxygen atoms in total. The van der Waals surface area contributed by atoms with Crippen LogP contribution in [0.4, 0.5) is 0 Å². The van der Waals surface area contributed by atoms with Crippen molar-refractivity contribution in [3.63, 3.8) is 0 Å². The molecule has 1 aromatic rings. The summed E-state index contributed by atoms with van der Waals surface area (Å²) in [5.41, 5.74) is 6.02. The number of primary amides is 1. The number of nitrogens with one attached hydrogen (secondary N) is 2. The number of hydrogen-bond acceptors (Lipinski definition) is 5. The van der Waals surface area contributed by atoms with Crippen LogP contribution in [0.2, 0.25) is 0 Å². The molecule has 0 fully saturated rings. The standard InChI is InChI=1S/C16H28N6O3/c1-11(2)22-10-13(20-21-22)7-8-15(24)18-9-5-4-6-14(16(17)25)19-12(3)23/h10-11,14H,4-9H2,1-3H3,(H2,17,25)(H,18,24)(H,19,23)/t14-/m0/s1. The largest absolute Gasteiger partial charge is 0.368 e. The zero-order chi connectivity index (χ0) is 18.8. The van der Waals surface area contributed by atoms with Gasteiger partial charge in [0.15, 0.2) is 0 Å². The third kappa shape index (κ3) is 8.27. The first-order valence-corrected chi connectivity index (χ1v) is 8.53. The molecule has 0 bridgehead atoms. The number of aryl methyl sites for hydroxylation is 1. The van der Waals surface area contributed by atoms with Crippen molar-refractivity contribution in [2.45, 2.75) is 65.0 Å². The molecule has 1 rings (SSSR count). The molecule has 0 aliphatic rings. The Morgan fingerprint density at radius 1 is 1.28 bits per heavy atom. The number of hydrogen-bond donors (Lipinski definition) is 3. The van der Waals surface area contributed by atoms with Crippen molar-refractivity contribution >= 4 is 17.7 Å². The predicted molar refractivity (Wildman–Crippen MR) is 92.4 cm³/mol. The molecule has 0 aliphatic carbocycles. The normalized spacial score (nSPS) is 12.0. The maximum Gasteiger partial charge on any atom is 0.239 e. The van der Waals surface area contributed by atoms with E-state index in [-0.39, 0.29) is 17.9 Å². The number of amides is 3. The van der Waals surface area contributed by atoms with Gasteiger partial charge in [-0.3, -0.25) is 14.4 Å². The summed E-state index contributed by atoms with van der Waals surface area (Å²) >= 11 is 0. The number of aromatic nitrogens is 3. The van der Waals surface area contributed by atoms with E-state index in [0.717, 1.165) is 5.69 Å². The molecule has 1 atom stereocenters. The number of nitrogens with two attached hydrogens (primary N) is 1. The number of rotatable bonds is 11. The van der Waals surface area contributed by atoms with E-state index in [1.54, 1.807) is 4.68 Å². The lowest BCUT2D eigenvalue weighted by Gasteiger charge is -2.13. The third-order valence-electron chi connectivity index (χ3n) is 3.66. The lowest BCUT2D eigenvalue weighted by molar-refractivity contribution is -0.126. The van der Waals surface area contributed by atoms with Crippen molar-refractivity contribution in [1.29, 1.82) is 0 Å². The van der Waals surface area contributed by atoms with Gasteiger partial charge in [-0.2, -0.15) is 0 Å². The lowest BCUT2D eigenvalue weighted by Crippen LogP contribution is -2.43. The van der Waals surface area contributed by atoms with E-state index in [4.69, 9.17) is 5.73 Å². The number of carbonyl (C=O) groups is 3. The van der Waals surface area contributed by atoms with Crippen molar-refractivity contribution in [3.05, 3.63) is 11.9 Å². The summed E-state index contributed by atoms with van der Waals surface area (Å²) in [6, 6.07) is -0.409. The van der Waals surface area contributed by atoms with E-state index < -0.39 is 11.9 Å². The van der Waals surface area contributed by atoms with Gasteiger partial charge in [0.2, 0.25) is 17.7 Å². The number of carbonyl (C=O) groups excluding carboxylic acids is 3. The summed E-state index contributed by atoms with van der Waals surface area (Å²) in [6.45, 7) is 5.89. The van der Waals surface area contributed by atoms with Crippen LogP contribution in [0.25, 0.3) is 0 Å². The van der Waals surface area contributed by atoms with Crippen molar-refractivity contribution in [1.82, 2.24) is 25.6 Å². The minimum Gasteiger partial charge on any atom is -0.368 e. The Balaban J connectivity index is 2.17. The van der Waals surface area contributed by atoms with Crippen LogP contribution in [0.5, 0.6) is 0 Å². The summed E-state index contributed by atoms with van der Waals surface area (Å²) in [5, 5.41) is 13.4. The maximum absolute atomic E-state index is 11.8. The second-order valence-corrected chi connectivity index (χ2v) is 6.28. The number of nitrogens with zero attached hydrogens (tertiary/aromatic N) is 3. The first-order chi connectivity index (χ1) is 11.8. The summed E-state index contributed by atoms with van der Waals surface area (Å²) < 4.78 is 1.76. The van der Waals surface area contributed by atoms with Gasteiger partial charge in [0.1, 0.15) is 6.04 Å². The zero-order valence-corrected chi connectivity index (χ0v) is 15.1. The highest BCUT2D eigenvalue weighted by molar-refractivity contribution is 5.85. The molecule has 0 aliphatic heterocycles. The van der Waals surface area contributed by atoms with Crippen molar-refractivity contribution in [2.75, 3.05) is 6.54 Å². The van der Waals surface area contributed by atoms with Gasteiger partial charge in [0, 0.05) is 38.5 Å². The number of unbranched alkanes of at least 4 members (excludes halogenated alkanes) is 1. The molecule has 0 saturated carbocycles. The summed E-state index contributed by atoms with van der Waals surface area (Å²) in [5.74, 6) is -0.882. The SMILES string of the molecule is CC(=O)N[C@@H](CCCCNC(=O)CCc1cn(C(C)C)nn1)C(N)=O. The Bertz CT molecular complexity index is 584. The van der Waals surface area contributed by atoms with E-state index in [9.17, 15) is 14.4 Å². The fourth-order valence-corrected chi connectivity index (χ4v) is 2.24. The molecule has 1 aromatic heterocycles. The monoisotopic (exact) mass is 352 g/mol. The molecule has 0 spiro atoms. The Morgan fingerprint density at radius 2 is 2.00 bits per heavy atom. The van der Waals surface area contributed by atoms with Crippen LogP contribution < -0.4 is 16.4 Å². The first-order valence-electron chi connectivity index (χ1n) is 8.53. The topological polar surface area (TPSA) is 132 Å². The predicted octanol–water partition coefficient (Wildman–Crippen LogP) is 0.0681. The van der Waals surface area contributed by atoms with Crippen LogP contribution in [0, 0.1) is 0 Å². The van der Waals surface area contributed by atoms with E-state index in [0.29, 0.717) is 38.6 Å². The molecular weight excluding hydrogens is 324 g/mol. The minimum atomic E-state index is -0.656. The van der Waals surface area contributed by atoms with Crippen LogP contribution in [0.15, 0.2) is 6.20 Å². The van der Waals surface area contributed by atoms with Gasteiger partial charge in [0.25, 0.3) is 0 Å². The highest BCUT2D eigenvalue weighted by Gasteiger charge is 2.15. The highest BCUT2D eigenvalue weighted by Crippen LogP contribution is 2.05. The summed E-state index contributed by atoms with van der Waals surface area (Å²) in [7, 11) is 0. The fourth-order valence-electron chi connectivity index (χ4n) is 2.24. The molecule has 4 N–H and O–H groups in total. The van der Waals surface area contributed by atoms with Crippen molar-refractivity contribution in [3.8, 4) is 0 Å². The Labute approximate surface area is 147 Å². The lowest BCUT2D eigenvalue weighted by atomic mass is 10.1. The van der Waals surface area contributed by atoms with Gasteiger partial charge in [-0.15, -0.1) is 5.10 Å². The van der Waals surface area contributed by atoms with E-state index in [1.165, 1.54) is 6.92 Å². The molecule has 1 heterocycles. The molecule has 140 valence electrons. The first kappa shape index (κ1) is 20.6. The van der Waals surface area contributed by atoms with Crippen LogP contribution in [0.3, 0.4) is 0 Å². The molecule has 0 saturated heterocycles. The minimum absolute atomic E-state index is 0.0487. The third-order valence-corrected chi connectivity index (χ3v) is 3.66. The molecule has 9 heteroatoms. The van der Waals surface area contributed by atoms with Gasteiger partial charge < -0.3 is 16.4 Å². The summed E-state index contributed by atoms with van der Waals surface area (Å²) in [6.07, 6.45) is 4.60. The molecule has 0 unspecified atom stereocenters. The van der Waals surface area contributed by atoms with Gasteiger partial charge >= 0.3 is 0 Å². The molecule has 25 heavy (non-hydrogen) atoms. The van der Waals surface area contributed by atoms with Crippen LogP contribution in [-0.2, 0) is 20.8 Å². The van der Waals surface area contributed by atoms with Gasteiger partial charge in [-0.05, 0) is 33.1 Å². The fraction of sp³-hybridized carbons (Fsp3) is 0.688.